The molecular formula is C26H24N2O4. The van der Waals surface area contributed by atoms with Gasteiger partial charge in [0.05, 0.1) is 11.8 Å². The number of nitrogens with zero attached hydrogens (tertiary/aromatic N) is 1. The van der Waals surface area contributed by atoms with E-state index < -0.39 is 17.8 Å². The van der Waals surface area contributed by atoms with Crippen LogP contribution < -0.4 is 15.0 Å². The molecule has 1 N–H and O–H groups in total. The largest absolute Gasteiger partial charge is 0.490 e. The first-order valence-corrected chi connectivity index (χ1v) is 10.6. The van der Waals surface area contributed by atoms with Crippen LogP contribution >= 0.6 is 0 Å². The van der Waals surface area contributed by atoms with E-state index in [1.165, 1.54) is 6.08 Å². The van der Waals surface area contributed by atoms with Crippen molar-refractivity contribution in [3.8, 4) is 5.75 Å². The summed E-state index contributed by atoms with van der Waals surface area (Å²) in [5.41, 5.74) is 1.79. The number of hydrogen-bond acceptors (Lipinski definition) is 4. The normalized spacial score (nSPS) is 15.6. The third-order valence-corrected chi connectivity index (χ3v) is 5.30. The predicted octanol–water partition coefficient (Wildman–Crippen LogP) is 4.86. The number of aryl methyl sites for hydroxylation is 1. The summed E-state index contributed by atoms with van der Waals surface area (Å²) in [4.78, 5) is 39.8. The molecule has 3 aromatic rings. The van der Waals surface area contributed by atoms with Gasteiger partial charge in [-0.3, -0.25) is 14.9 Å². The van der Waals surface area contributed by atoms with Gasteiger partial charge in [-0.2, -0.15) is 0 Å². The maximum absolute atomic E-state index is 13.4. The number of imide groups is 2. The Labute approximate surface area is 186 Å². The summed E-state index contributed by atoms with van der Waals surface area (Å²) < 4.78 is 5.97. The van der Waals surface area contributed by atoms with Crippen LogP contribution in [-0.4, -0.2) is 23.9 Å². The minimum absolute atomic E-state index is 0.0984. The van der Waals surface area contributed by atoms with Crippen molar-refractivity contribution in [2.45, 2.75) is 33.3 Å². The second kappa shape index (κ2) is 8.67. The minimum atomic E-state index is -0.755. The van der Waals surface area contributed by atoms with Crippen molar-refractivity contribution in [3.05, 3.63) is 77.4 Å². The van der Waals surface area contributed by atoms with E-state index in [0.29, 0.717) is 23.4 Å². The van der Waals surface area contributed by atoms with Gasteiger partial charge in [0.2, 0.25) is 0 Å². The molecular weight excluding hydrogens is 404 g/mol. The van der Waals surface area contributed by atoms with E-state index in [1.54, 1.807) is 12.1 Å². The van der Waals surface area contributed by atoms with Crippen LogP contribution in [0.25, 0.3) is 16.8 Å². The highest BCUT2D eigenvalue weighted by Crippen LogP contribution is 2.33. The van der Waals surface area contributed by atoms with E-state index in [9.17, 15) is 14.4 Å². The number of amides is 4. The number of nitrogens with one attached hydrogen (secondary N) is 1. The summed E-state index contributed by atoms with van der Waals surface area (Å²) in [6, 6.07) is 17.8. The molecule has 32 heavy (non-hydrogen) atoms. The molecule has 4 amide bonds. The highest BCUT2D eigenvalue weighted by molar-refractivity contribution is 6.39. The molecule has 0 aliphatic carbocycles. The molecule has 1 aliphatic rings. The van der Waals surface area contributed by atoms with Gasteiger partial charge in [0.25, 0.3) is 11.8 Å². The van der Waals surface area contributed by atoms with Gasteiger partial charge in [-0.15, -0.1) is 0 Å². The Morgan fingerprint density at radius 2 is 1.69 bits per heavy atom. The Balaban J connectivity index is 1.88. The third-order valence-electron chi connectivity index (χ3n) is 5.30. The summed E-state index contributed by atoms with van der Waals surface area (Å²) in [5.74, 6) is -0.832. The zero-order chi connectivity index (χ0) is 22.8. The lowest BCUT2D eigenvalue weighted by Crippen LogP contribution is -2.54. The Bertz CT molecular complexity index is 1260. The monoisotopic (exact) mass is 428 g/mol. The van der Waals surface area contributed by atoms with Crippen molar-refractivity contribution in [3.63, 3.8) is 0 Å². The van der Waals surface area contributed by atoms with Gasteiger partial charge in [0.1, 0.15) is 11.3 Å². The average Bonchev–Trinajstić information content (AvgIpc) is 2.77. The SMILES string of the molecule is CCc1ccccc1N1C(=O)NC(=O)/C(=C/c2c(OC(C)C)ccc3ccccc23)C1=O. The molecule has 1 heterocycles. The lowest BCUT2D eigenvalue weighted by atomic mass is 9.99. The Morgan fingerprint density at radius 3 is 2.44 bits per heavy atom. The second-order valence-corrected chi connectivity index (χ2v) is 7.81. The lowest BCUT2D eigenvalue weighted by molar-refractivity contribution is -0.122. The molecule has 4 rings (SSSR count). The molecule has 6 heteroatoms. The van der Waals surface area contributed by atoms with Crippen LogP contribution in [0.5, 0.6) is 5.75 Å². The molecule has 1 aliphatic heterocycles. The Kier molecular flexibility index (Phi) is 5.77. The van der Waals surface area contributed by atoms with E-state index >= 15 is 0 Å². The highest BCUT2D eigenvalue weighted by Gasteiger charge is 2.37. The maximum atomic E-state index is 13.4. The quantitative estimate of drug-likeness (QED) is 0.465. The summed E-state index contributed by atoms with van der Waals surface area (Å²) >= 11 is 0. The van der Waals surface area contributed by atoms with Crippen LogP contribution in [0.3, 0.4) is 0 Å². The number of ether oxygens (including phenoxy) is 1. The first-order chi connectivity index (χ1) is 15.4. The van der Waals surface area contributed by atoms with Gasteiger partial charge in [-0.05, 0) is 54.8 Å². The predicted molar refractivity (Wildman–Crippen MR) is 125 cm³/mol. The number of carbonyl (C=O) groups is 3. The highest BCUT2D eigenvalue weighted by atomic mass is 16.5. The van der Waals surface area contributed by atoms with E-state index in [0.717, 1.165) is 21.2 Å². The van der Waals surface area contributed by atoms with Crippen molar-refractivity contribution < 1.29 is 19.1 Å². The second-order valence-electron chi connectivity index (χ2n) is 7.81. The van der Waals surface area contributed by atoms with Gasteiger partial charge in [-0.25, -0.2) is 9.69 Å². The van der Waals surface area contributed by atoms with Crippen molar-refractivity contribution in [2.24, 2.45) is 0 Å². The zero-order valence-corrected chi connectivity index (χ0v) is 18.2. The van der Waals surface area contributed by atoms with Crippen molar-refractivity contribution >= 4 is 40.4 Å². The molecule has 0 unspecified atom stereocenters. The number of anilines is 1. The van der Waals surface area contributed by atoms with Gasteiger partial charge >= 0.3 is 6.03 Å². The lowest BCUT2D eigenvalue weighted by Gasteiger charge is -2.28. The number of urea groups is 1. The number of barbiturate groups is 1. The summed E-state index contributed by atoms with van der Waals surface area (Å²) in [5, 5.41) is 4.10. The van der Waals surface area contributed by atoms with Gasteiger partial charge in [0, 0.05) is 5.56 Å². The van der Waals surface area contributed by atoms with E-state index in [-0.39, 0.29) is 11.7 Å². The smallest absolute Gasteiger partial charge is 0.335 e. The molecule has 1 saturated heterocycles. The summed E-state index contributed by atoms with van der Waals surface area (Å²) in [7, 11) is 0. The van der Waals surface area contributed by atoms with Crippen LogP contribution in [0.4, 0.5) is 10.5 Å². The maximum Gasteiger partial charge on any atom is 0.335 e. The van der Waals surface area contributed by atoms with E-state index in [4.69, 9.17) is 4.74 Å². The molecule has 0 radical (unpaired) electrons. The first kappa shape index (κ1) is 21.3. The number of fused-ring (bicyclic) bond motifs is 1. The van der Waals surface area contributed by atoms with Gasteiger partial charge < -0.3 is 4.74 Å². The molecule has 0 aromatic heterocycles. The molecule has 0 atom stereocenters. The fourth-order valence-electron chi connectivity index (χ4n) is 3.83. The number of para-hydroxylation sites is 1. The van der Waals surface area contributed by atoms with Crippen LogP contribution in [-0.2, 0) is 16.0 Å². The van der Waals surface area contributed by atoms with Crippen molar-refractivity contribution in [1.82, 2.24) is 5.32 Å². The van der Waals surface area contributed by atoms with Crippen molar-refractivity contribution in [1.29, 1.82) is 0 Å². The van der Waals surface area contributed by atoms with Gasteiger partial charge in [-0.1, -0.05) is 55.5 Å². The Hall–Kier alpha value is -3.93. The molecule has 1 fully saturated rings. The van der Waals surface area contributed by atoms with Crippen molar-refractivity contribution in [2.75, 3.05) is 4.90 Å². The summed E-state index contributed by atoms with van der Waals surface area (Å²) in [6.07, 6.45) is 2.06. The average molecular weight is 428 g/mol. The molecule has 162 valence electrons. The van der Waals surface area contributed by atoms with Gasteiger partial charge in [0.15, 0.2) is 0 Å². The van der Waals surface area contributed by atoms with Crippen LogP contribution in [0.1, 0.15) is 31.9 Å². The topological polar surface area (TPSA) is 75.7 Å². The van der Waals surface area contributed by atoms with Crippen LogP contribution in [0, 0.1) is 0 Å². The number of rotatable bonds is 5. The fourth-order valence-corrected chi connectivity index (χ4v) is 3.83. The minimum Gasteiger partial charge on any atom is -0.490 e. The molecule has 0 bridgehead atoms. The number of carbonyl (C=O) groups excluding carboxylic acids is 3. The Morgan fingerprint density at radius 1 is 0.969 bits per heavy atom. The summed E-state index contributed by atoms with van der Waals surface area (Å²) in [6.45, 7) is 5.76. The van der Waals surface area contributed by atoms with Crippen LogP contribution in [0.2, 0.25) is 0 Å². The zero-order valence-electron chi connectivity index (χ0n) is 18.2. The number of hydrogen-bond donors (Lipinski definition) is 1. The molecule has 0 spiro atoms. The van der Waals surface area contributed by atoms with Crippen LogP contribution in [0.15, 0.2) is 66.2 Å². The molecule has 3 aromatic carbocycles. The van der Waals surface area contributed by atoms with E-state index in [2.05, 4.69) is 5.32 Å². The molecule has 0 saturated carbocycles. The third kappa shape index (κ3) is 3.87. The standard InChI is InChI=1S/C26H24N2O4/c1-4-17-9-6-8-12-22(17)28-25(30)21(24(29)27-26(28)31)15-20-19-11-7-5-10-18(19)13-14-23(20)32-16(2)3/h5-16H,4H2,1-3H3,(H,27,29,31)/b21-15-. The molecule has 6 nitrogen and oxygen atoms in total. The number of benzene rings is 3. The van der Waals surface area contributed by atoms with E-state index in [1.807, 2.05) is 69.3 Å². The fraction of sp³-hybridized carbons (Fsp3) is 0.192. The first-order valence-electron chi connectivity index (χ1n) is 10.6.